The lowest BCUT2D eigenvalue weighted by molar-refractivity contribution is -0.133. The van der Waals surface area contributed by atoms with Gasteiger partial charge in [0, 0.05) is 43.0 Å². The number of hydrazone groups is 1. The number of hydrogen-bond acceptors (Lipinski definition) is 5. The summed E-state index contributed by atoms with van der Waals surface area (Å²) in [7, 11) is -3.16. The van der Waals surface area contributed by atoms with Crippen LogP contribution in [0.15, 0.2) is 35.6 Å². The van der Waals surface area contributed by atoms with Crippen molar-refractivity contribution in [3.63, 3.8) is 0 Å². The number of carbonyl (C=O) groups is 2. The lowest BCUT2D eigenvalue weighted by Crippen LogP contribution is -2.44. The molecule has 2 aromatic rings. The van der Waals surface area contributed by atoms with Crippen LogP contribution >= 0.6 is 0 Å². The summed E-state index contributed by atoms with van der Waals surface area (Å²) in [6, 6.07) is 5.85. The van der Waals surface area contributed by atoms with Crippen LogP contribution in [0.4, 0.5) is 4.39 Å². The van der Waals surface area contributed by atoms with Crippen LogP contribution in [0.5, 0.6) is 0 Å². The number of aromatic nitrogens is 1. The van der Waals surface area contributed by atoms with Crippen molar-refractivity contribution in [2.75, 3.05) is 18.1 Å². The molecule has 1 fully saturated rings. The van der Waals surface area contributed by atoms with Gasteiger partial charge in [0.05, 0.1) is 17.5 Å². The molecule has 0 aliphatic carbocycles. The second-order valence-corrected chi connectivity index (χ2v) is 9.54. The Hall–Kier alpha value is -2.75. The number of carbonyl (C=O) groups excluding carboxylic acids is 2. The summed E-state index contributed by atoms with van der Waals surface area (Å²) in [6.07, 6.45) is 2.53. The lowest BCUT2D eigenvalue weighted by atomic mass is 10.1. The van der Waals surface area contributed by atoms with Gasteiger partial charge in [-0.3, -0.25) is 9.59 Å². The standard InChI is InChI=1S/C19H21FN4O4S/c20-14-1-3-17-13(11-14)5-8-23(17)9-7-21-19(26)16-2-4-18(25)24(22-16)15-6-10-29(27,28)12-15/h1,3,5,8,11,15H,2,4,6-7,9-10,12H2,(H,21,26)/t15-/m1/s1. The van der Waals surface area contributed by atoms with E-state index in [1.807, 2.05) is 16.8 Å². The third-order valence-corrected chi connectivity index (χ3v) is 7.00. The van der Waals surface area contributed by atoms with E-state index >= 15 is 0 Å². The Morgan fingerprint density at radius 1 is 1.28 bits per heavy atom. The van der Waals surface area contributed by atoms with E-state index in [0.717, 1.165) is 10.9 Å². The number of nitrogens with one attached hydrogen (secondary N) is 1. The molecule has 2 aliphatic heterocycles. The summed E-state index contributed by atoms with van der Waals surface area (Å²) in [5.74, 6) is -1.00. The van der Waals surface area contributed by atoms with E-state index in [1.54, 1.807) is 6.07 Å². The Labute approximate surface area is 167 Å². The molecule has 1 aromatic heterocycles. The van der Waals surface area contributed by atoms with Crippen molar-refractivity contribution in [3.8, 4) is 0 Å². The third kappa shape index (κ3) is 4.16. The van der Waals surface area contributed by atoms with Crippen molar-refractivity contribution in [1.29, 1.82) is 0 Å². The Kier molecular flexibility index (Phi) is 5.12. The van der Waals surface area contributed by atoms with E-state index in [9.17, 15) is 22.4 Å². The molecule has 1 atom stereocenters. The molecule has 2 amide bonds. The van der Waals surface area contributed by atoms with Gasteiger partial charge in [-0.05, 0) is 30.7 Å². The minimum atomic E-state index is -3.16. The quantitative estimate of drug-likeness (QED) is 0.782. The van der Waals surface area contributed by atoms with Gasteiger partial charge in [0.15, 0.2) is 9.84 Å². The van der Waals surface area contributed by atoms with E-state index in [2.05, 4.69) is 10.4 Å². The van der Waals surface area contributed by atoms with Crippen molar-refractivity contribution in [3.05, 3.63) is 36.3 Å². The zero-order chi connectivity index (χ0) is 20.6. The van der Waals surface area contributed by atoms with E-state index in [1.165, 1.54) is 17.1 Å². The summed E-state index contributed by atoms with van der Waals surface area (Å²) in [4.78, 5) is 24.6. The highest BCUT2D eigenvalue weighted by Gasteiger charge is 2.37. The molecule has 0 spiro atoms. The molecular formula is C19H21FN4O4S. The maximum Gasteiger partial charge on any atom is 0.267 e. The van der Waals surface area contributed by atoms with Crippen LogP contribution in [-0.4, -0.2) is 59.6 Å². The van der Waals surface area contributed by atoms with Gasteiger partial charge >= 0.3 is 0 Å². The van der Waals surface area contributed by atoms with Gasteiger partial charge in [-0.1, -0.05) is 0 Å². The third-order valence-electron chi connectivity index (χ3n) is 5.25. The van der Waals surface area contributed by atoms with Crippen LogP contribution in [0.2, 0.25) is 0 Å². The average Bonchev–Trinajstić information content (AvgIpc) is 3.24. The van der Waals surface area contributed by atoms with E-state index in [0.29, 0.717) is 19.5 Å². The minimum Gasteiger partial charge on any atom is -0.349 e. The smallest absolute Gasteiger partial charge is 0.267 e. The Morgan fingerprint density at radius 2 is 2.10 bits per heavy atom. The van der Waals surface area contributed by atoms with Gasteiger partial charge in [0.1, 0.15) is 11.5 Å². The van der Waals surface area contributed by atoms with Crippen LogP contribution in [0.25, 0.3) is 10.9 Å². The normalized spacial score (nSPS) is 21.4. The second kappa shape index (κ2) is 7.58. The van der Waals surface area contributed by atoms with Crippen molar-refractivity contribution in [1.82, 2.24) is 14.9 Å². The van der Waals surface area contributed by atoms with E-state index < -0.39 is 15.9 Å². The molecule has 3 heterocycles. The number of amides is 2. The van der Waals surface area contributed by atoms with Gasteiger partial charge in [-0.25, -0.2) is 17.8 Å². The van der Waals surface area contributed by atoms with Gasteiger partial charge in [0.25, 0.3) is 5.91 Å². The fraction of sp³-hybridized carbons (Fsp3) is 0.421. The first kappa shape index (κ1) is 19.6. The largest absolute Gasteiger partial charge is 0.349 e. The molecule has 4 rings (SSSR count). The summed E-state index contributed by atoms with van der Waals surface area (Å²) in [5.41, 5.74) is 1.10. The van der Waals surface area contributed by atoms with Crippen LogP contribution in [0.3, 0.4) is 0 Å². The highest BCUT2D eigenvalue weighted by Crippen LogP contribution is 2.22. The van der Waals surface area contributed by atoms with Crippen LogP contribution < -0.4 is 5.32 Å². The molecule has 1 aromatic carbocycles. The Morgan fingerprint density at radius 3 is 2.86 bits per heavy atom. The Bertz CT molecular complexity index is 1110. The van der Waals surface area contributed by atoms with Crippen molar-refractivity contribution >= 4 is 38.3 Å². The lowest BCUT2D eigenvalue weighted by Gasteiger charge is -2.27. The van der Waals surface area contributed by atoms with Gasteiger partial charge < -0.3 is 9.88 Å². The minimum absolute atomic E-state index is 0.0349. The molecule has 0 radical (unpaired) electrons. The Balaban J connectivity index is 1.38. The highest BCUT2D eigenvalue weighted by atomic mass is 32.2. The summed E-state index contributed by atoms with van der Waals surface area (Å²) in [5, 5.41) is 8.91. The molecule has 2 aliphatic rings. The number of nitrogens with zero attached hydrogens (tertiary/aromatic N) is 3. The first-order chi connectivity index (χ1) is 13.8. The van der Waals surface area contributed by atoms with E-state index in [4.69, 9.17) is 0 Å². The number of benzene rings is 1. The molecular weight excluding hydrogens is 399 g/mol. The van der Waals surface area contributed by atoms with Crippen LogP contribution in [0.1, 0.15) is 19.3 Å². The average molecular weight is 420 g/mol. The SMILES string of the molecule is O=C(NCCn1ccc2cc(F)ccc21)C1=NN([C@@H]2CCS(=O)(=O)C2)C(=O)CC1. The predicted molar refractivity (Wildman–Crippen MR) is 105 cm³/mol. The molecule has 0 saturated carbocycles. The van der Waals surface area contributed by atoms with Crippen molar-refractivity contribution in [2.24, 2.45) is 5.10 Å². The number of hydrogen-bond donors (Lipinski definition) is 1. The predicted octanol–water partition coefficient (Wildman–Crippen LogP) is 1.06. The molecule has 1 saturated heterocycles. The summed E-state index contributed by atoms with van der Waals surface area (Å²) < 4.78 is 38.6. The van der Waals surface area contributed by atoms with Gasteiger partial charge in [-0.15, -0.1) is 0 Å². The van der Waals surface area contributed by atoms with Crippen LogP contribution in [-0.2, 0) is 26.0 Å². The molecule has 29 heavy (non-hydrogen) atoms. The topological polar surface area (TPSA) is 101 Å². The molecule has 154 valence electrons. The maximum atomic E-state index is 13.3. The van der Waals surface area contributed by atoms with Gasteiger partial charge in [0.2, 0.25) is 5.91 Å². The summed E-state index contributed by atoms with van der Waals surface area (Å²) >= 11 is 0. The first-order valence-electron chi connectivity index (χ1n) is 9.45. The van der Waals surface area contributed by atoms with Gasteiger partial charge in [-0.2, -0.15) is 5.10 Å². The zero-order valence-corrected chi connectivity index (χ0v) is 16.5. The fourth-order valence-corrected chi connectivity index (χ4v) is 5.44. The van der Waals surface area contributed by atoms with Crippen LogP contribution in [0, 0.1) is 5.82 Å². The monoisotopic (exact) mass is 420 g/mol. The summed E-state index contributed by atoms with van der Waals surface area (Å²) in [6.45, 7) is 0.836. The molecule has 8 nitrogen and oxygen atoms in total. The second-order valence-electron chi connectivity index (χ2n) is 7.31. The highest BCUT2D eigenvalue weighted by molar-refractivity contribution is 7.91. The number of halogens is 1. The van der Waals surface area contributed by atoms with Crippen molar-refractivity contribution in [2.45, 2.75) is 31.8 Å². The molecule has 1 N–H and O–H groups in total. The maximum absolute atomic E-state index is 13.3. The number of rotatable bonds is 5. The molecule has 10 heteroatoms. The van der Waals surface area contributed by atoms with Crippen molar-refractivity contribution < 1.29 is 22.4 Å². The molecule has 0 bridgehead atoms. The number of sulfone groups is 1. The van der Waals surface area contributed by atoms with E-state index in [-0.39, 0.29) is 47.7 Å². The number of fused-ring (bicyclic) bond motifs is 1. The fourth-order valence-electron chi connectivity index (χ4n) is 3.75. The first-order valence-corrected chi connectivity index (χ1v) is 11.3. The molecule has 0 unspecified atom stereocenters. The zero-order valence-electron chi connectivity index (χ0n) is 15.7.